The van der Waals surface area contributed by atoms with Crippen molar-refractivity contribution in [2.75, 3.05) is 4.90 Å². The summed E-state index contributed by atoms with van der Waals surface area (Å²) in [5.74, 6) is -0.330. The van der Waals surface area contributed by atoms with Gasteiger partial charge in [0.2, 0.25) is 0 Å². The zero-order valence-corrected chi connectivity index (χ0v) is 21.2. The Morgan fingerprint density at radius 1 is 1.14 bits per heavy atom. The fourth-order valence-electron chi connectivity index (χ4n) is 4.90. The number of esters is 1. The fraction of sp³-hybridized carbons (Fsp3) is 0.423. The van der Waals surface area contributed by atoms with Gasteiger partial charge >= 0.3 is 5.97 Å². The van der Waals surface area contributed by atoms with Crippen LogP contribution in [0.5, 0.6) is 5.75 Å². The predicted octanol–water partition coefficient (Wildman–Crippen LogP) is 6.28. The minimum atomic E-state index is -0.343. The smallest absolute Gasteiger partial charge is 0.308 e. The number of rotatable bonds is 7. The van der Waals surface area contributed by atoms with E-state index in [1.807, 2.05) is 0 Å². The molecule has 0 amide bonds. The van der Waals surface area contributed by atoms with E-state index in [1.54, 1.807) is 13.8 Å². The molecule has 1 aromatic heterocycles. The first kappa shape index (κ1) is 24.0. The summed E-state index contributed by atoms with van der Waals surface area (Å²) < 4.78 is 25.0. The molecule has 2 atom stereocenters. The first-order valence-electron chi connectivity index (χ1n) is 11.9. The molecule has 2 bridgehead atoms. The highest BCUT2D eigenvalue weighted by Crippen LogP contribution is 2.41. The second kappa shape index (κ2) is 10.1. The standard InChI is InChI=1S/C26H27ClFN3O3S/c1-15(2)26(32)33-14-24-29-30-25(35-24)16-3-6-18(7-4-16)31-19-8-9-20(31)13-21(12-19)34-23-11-17(28)5-10-22(23)27/h3-7,10-11,15,19-21H,8-9,12-14H2,1-2H3. The average molecular weight is 516 g/mol. The third kappa shape index (κ3) is 5.28. The third-order valence-corrected chi connectivity index (χ3v) is 7.82. The van der Waals surface area contributed by atoms with Gasteiger partial charge in [0.25, 0.3) is 0 Å². The number of fused-ring (bicyclic) bond motifs is 2. The Hall–Kier alpha value is -2.71. The van der Waals surface area contributed by atoms with Crippen molar-refractivity contribution in [3.63, 3.8) is 0 Å². The van der Waals surface area contributed by atoms with Crippen LogP contribution < -0.4 is 9.64 Å². The summed E-state index contributed by atoms with van der Waals surface area (Å²) in [7, 11) is 0. The van der Waals surface area contributed by atoms with Gasteiger partial charge in [-0.25, -0.2) is 4.39 Å². The van der Waals surface area contributed by atoms with Crippen molar-refractivity contribution >= 4 is 34.6 Å². The Kier molecular flexibility index (Phi) is 6.93. The van der Waals surface area contributed by atoms with Gasteiger partial charge in [0, 0.05) is 42.2 Å². The normalized spacial score (nSPS) is 21.4. The van der Waals surface area contributed by atoms with Crippen molar-refractivity contribution in [3.05, 3.63) is 58.3 Å². The molecule has 2 aromatic carbocycles. The van der Waals surface area contributed by atoms with Crippen LogP contribution in [-0.2, 0) is 16.1 Å². The SMILES string of the molecule is CC(C)C(=O)OCc1nnc(-c2ccc(N3C4CCC3CC(Oc3cc(F)ccc3Cl)C4)cc2)s1. The lowest BCUT2D eigenvalue weighted by molar-refractivity contribution is -0.148. The monoisotopic (exact) mass is 515 g/mol. The molecule has 0 aliphatic carbocycles. The van der Waals surface area contributed by atoms with Crippen LogP contribution in [0.2, 0.25) is 5.02 Å². The van der Waals surface area contributed by atoms with Crippen molar-refractivity contribution in [2.45, 2.75) is 64.3 Å². The number of hydrogen-bond donors (Lipinski definition) is 0. The van der Waals surface area contributed by atoms with Gasteiger partial charge in [0.15, 0.2) is 5.01 Å². The Labute approximate surface area is 213 Å². The Bertz CT molecular complexity index is 1190. The van der Waals surface area contributed by atoms with E-state index in [2.05, 4.69) is 39.4 Å². The van der Waals surface area contributed by atoms with Gasteiger partial charge in [0.1, 0.15) is 29.3 Å². The number of halogens is 2. The summed E-state index contributed by atoms with van der Waals surface area (Å²) in [4.78, 5) is 14.2. The third-order valence-electron chi connectivity index (χ3n) is 6.57. The number of benzene rings is 2. The molecule has 2 unspecified atom stereocenters. The van der Waals surface area contributed by atoms with Gasteiger partial charge in [-0.3, -0.25) is 4.79 Å². The van der Waals surface area contributed by atoms with E-state index in [0.717, 1.165) is 36.3 Å². The van der Waals surface area contributed by atoms with Gasteiger partial charge in [-0.1, -0.05) is 36.8 Å². The highest BCUT2D eigenvalue weighted by molar-refractivity contribution is 7.14. The lowest BCUT2D eigenvalue weighted by Gasteiger charge is -2.40. The quantitative estimate of drug-likeness (QED) is 0.345. The van der Waals surface area contributed by atoms with Crippen molar-refractivity contribution in [3.8, 4) is 16.3 Å². The molecule has 6 nitrogen and oxygen atoms in total. The van der Waals surface area contributed by atoms with Crippen LogP contribution in [0.1, 0.15) is 44.5 Å². The molecule has 3 aromatic rings. The summed E-state index contributed by atoms with van der Waals surface area (Å²) >= 11 is 7.64. The lowest BCUT2D eigenvalue weighted by atomic mass is 9.98. The van der Waals surface area contributed by atoms with Crippen LogP contribution in [0.4, 0.5) is 10.1 Å². The molecule has 2 saturated heterocycles. The first-order valence-corrected chi connectivity index (χ1v) is 13.1. The zero-order chi connectivity index (χ0) is 24.5. The number of anilines is 1. The van der Waals surface area contributed by atoms with Gasteiger partial charge < -0.3 is 14.4 Å². The van der Waals surface area contributed by atoms with Crippen molar-refractivity contribution in [2.24, 2.45) is 5.92 Å². The summed E-state index contributed by atoms with van der Waals surface area (Å²) in [5, 5.41) is 10.3. The van der Waals surface area contributed by atoms with Crippen molar-refractivity contribution in [1.82, 2.24) is 10.2 Å². The summed E-state index contributed by atoms with van der Waals surface area (Å²) in [6.45, 7) is 3.75. The Morgan fingerprint density at radius 2 is 1.86 bits per heavy atom. The van der Waals surface area contributed by atoms with E-state index in [-0.39, 0.29) is 30.4 Å². The maximum absolute atomic E-state index is 13.6. The van der Waals surface area contributed by atoms with Gasteiger partial charge in [-0.2, -0.15) is 0 Å². The highest BCUT2D eigenvalue weighted by atomic mass is 35.5. The number of hydrogen-bond acceptors (Lipinski definition) is 7. The second-order valence-electron chi connectivity index (χ2n) is 9.39. The highest BCUT2D eigenvalue weighted by Gasteiger charge is 2.41. The van der Waals surface area contributed by atoms with E-state index in [1.165, 1.54) is 35.2 Å². The summed E-state index contributed by atoms with van der Waals surface area (Å²) in [6.07, 6.45) is 3.99. The number of ether oxygens (including phenoxy) is 2. The van der Waals surface area contributed by atoms with E-state index in [0.29, 0.717) is 27.9 Å². The molecule has 0 saturated carbocycles. The van der Waals surface area contributed by atoms with Gasteiger partial charge in [-0.15, -0.1) is 10.2 Å². The van der Waals surface area contributed by atoms with Crippen LogP contribution in [-0.4, -0.2) is 34.4 Å². The van der Waals surface area contributed by atoms with E-state index < -0.39 is 0 Å². The number of nitrogens with zero attached hydrogens (tertiary/aromatic N) is 3. The predicted molar refractivity (Wildman–Crippen MR) is 134 cm³/mol. The molecule has 3 heterocycles. The summed E-state index contributed by atoms with van der Waals surface area (Å²) in [6, 6.07) is 13.4. The zero-order valence-electron chi connectivity index (χ0n) is 19.6. The minimum Gasteiger partial charge on any atom is -0.489 e. The Morgan fingerprint density at radius 3 is 2.54 bits per heavy atom. The minimum absolute atomic E-state index is 0.0203. The molecule has 0 radical (unpaired) electrons. The van der Waals surface area contributed by atoms with E-state index in [4.69, 9.17) is 21.1 Å². The molecule has 2 aliphatic rings. The molecular weight excluding hydrogens is 489 g/mol. The second-order valence-corrected chi connectivity index (χ2v) is 10.9. The molecule has 0 spiro atoms. The van der Waals surface area contributed by atoms with Crippen LogP contribution in [0.25, 0.3) is 10.6 Å². The molecule has 0 N–H and O–H groups in total. The van der Waals surface area contributed by atoms with Crippen LogP contribution in [0.3, 0.4) is 0 Å². The maximum atomic E-state index is 13.6. The summed E-state index contributed by atoms with van der Waals surface area (Å²) in [5.41, 5.74) is 2.16. The number of carbonyl (C=O) groups is 1. The maximum Gasteiger partial charge on any atom is 0.308 e. The number of carbonyl (C=O) groups excluding carboxylic acids is 1. The molecule has 184 valence electrons. The molecule has 2 aliphatic heterocycles. The first-order chi connectivity index (χ1) is 16.9. The largest absolute Gasteiger partial charge is 0.489 e. The van der Waals surface area contributed by atoms with Gasteiger partial charge in [0.05, 0.1) is 10.9 Å². The molecular formula is C26H27ClFN3O3S. The molecule has 5 rings (SSSR count). The molecule has 2 fully saturated rings. The van der Waals surface area contributed by atoms with Gasteiger partial charge in [-0.05, 0) is 49.2 Å². The Balaban J connectivity index is 1.23. The van der Waals surface area contributed by atoms with Crippen molar-refractivity contribution < 1.29 is 18.7 Å². The topological polar surface area (TPSA) is 64.5 Å². The molecule has 35 heavy (non-hydrogen) atoms. The number of piperidine rings is 1. The van der Waals surface area contributed by atoms with Crippen LogP contribution >= 0.6 is 22.9 Å². The van der Waals surface area contributed by atoms with Crippen LogP contribution in [0.15, 0.2) is 42.5 Å². The fourth-order valence-corrected chi connectivity index (χ4v) is 5.82. The van der Waals surface area contributed by atoms with E-state index in [9.17, 15) is 9.18 Å². The van der Waals surface area contributed by atoms with Crippen LogP contribution in [0, 0.1) is 11.7 Å². The lowest BCUT2D eigenvalue weighted by Crippen LogP contribution is -2.46. The average Bonchev–Trinajstić information content (AvgIpc) is 3.42. The number of aromatic nitrogens is 2. The molecule has 9 heteroatoms. The van der Waals surface area contributed by atoms with Crippen molar-refractivity contribution in [1.29, 1.82) is 0 Å². The van der Waals surface area contributed by atoms with E-state index >= 15 is 0 Å².